The number of carboxylic acids is 1. The fourth-order valence-electron chi connectivity index (χ4n) is 2.86. The van der Waals surface area contributed by atoms with Crippen LogP contribution in [-0.2, 0) is 10.5 Å². The van der Waals surface area contributed by atoms with E-state index in [2.05, 4.69) is 5.10 Å². The SMILES string of the molecule is O=C(c1ccccc1)N1CCCC1(C(=O)O)n1cccn1. The molecule has 0 bridgehead atoms. The summed E-state index contributed by atoms with van der Waals surface area (Å²) in [5, 5.41) is 13.8. The molecule has 0 radical (unpaired) electrons. The van der Waals surface area contributed by atoms with Gasteiger partial charge in [-0.2, -0.15) is 5.10 Å². The van der Waals surface area contributed by atoms with E-state index in [4.69, 9.17) is 0 Å². The highest BCUT2D eigenvalue weighted by atomic mass is 16.4. The highest BCUT2D eigenvalue weighted by molar-refractivity contribution is 5.97. The van der Waals surface area contributed by atoms with E-state index in [1.807, 2.05) is 6.07 Å². The number of likely N-dealkylation sites (tertiary alicyclic amines) is 1. The first-order chi connectivity index (χ1) is 10.2. The van der Waals surface area contributed by atoms with E-state index < -0.39 is 11.6 Å². The van der Waals surface area contributed by atoms with Crippen molar-refractivity contribution in [2.45, 2.75) is 18.5 Å². The van der Waals surface area contributed by atoms with Gasteiger partial charge in [0, 0.05) is 30.9 Å². The molecule has 0 aliphatic carbocycles. The third-order valence-electron chi connectivity index (χ3n) is 3.85. The zero-order valence-electron chi connectivity index (χ0n) is 11.3. The third kappa shape index (κ3) is 1.99. The fourth-order valence-corrected chi connectivity index (χ4v) is 2.86. The van der Waals surface area contributed by atoms with Gasteiger partial charge >= 0.3 is 5.97 Å². The topological polar surface area (TPSA) is 75.4 Å². The maximum absolute atomic E-state index is 12.7. The quantitative estimate of drug-likeness (QED) is 0.928. The molecule has 2 heterocycles. The van der Waals surface area contributed by atoms with Crippen molar-refractivity contribution in [1.82, 2.24) is 14.7 Å². The number of rotatable bonds is 3. The smallest absolute Gasteiger partial charge is 0.352 e. The van der Waals surface area contributed by atoms with Gasteiger partial charge in [-0.25, -0.2) is 9.48 Å². The second-order valence-electron chi connectivity index (χ2n) is 5.00. The molecule has 3 rings (SSSR count). The molecule has 1 N–H and O–H groups in total. The molecule has 21 heavy (non-hydrogen) atoms. The van der Waals surface area contributed by atoms with Crippen LogP contribution in [0.1, 0.15) is 23.2 Å². The number of aromatic nitrogens is 2. The summed E-state index contributed by atoms with van der Waals surface area (Å²) in [5.41, 5.74) is -0.951. The Hall–Kier alpha value is -2.63. The van der Waals surface area contributed by atoms with Gasteiger partial charge in [-0.15, -0.1) is 0 Å². The van der Waals surface area contributed by atoms with Crippen LogP contribution >= 0.6 is 0 Å². The Labute approximate surface area is 121 Å². The van der Waals surface area contributed by atoms with Crippen LogP contribution in [0.3, 0.4) is 0 Å². The average molecular weight is 285 g/mol. The molecule has 6 heteroatoms. The molecular formula is C15H15N3O3. The Morgan fingerprint density at radius 3 is 2.57 bits per heavy atom. The summed E-state index contributed by atoms with van der Waals surface area (Å²) in [4.78, 5) is 26.0. The van der Waals surface area contributed by atoms with Gasteiger partial charge in [-0.05, 0) is 24.6 Å². The Morgan fingerprint density at radius 2 is 1.95 bits per heavy atom. The molecule has 1 aromatic carbocycles. The van der Waals surface area contributed by atoms with Crippen molar-refractivity contribution in [2.75, 3.05) is 6.54 Å². The van der Waals surface area contributed by atoms with Gasteiger partial charge in [0.15, 0.2) is 0 Å². The van der Waals surface area contributed by atoms with Crippen LogP contribution in [0.15, 0.2) is 48.8 Å². The summed E-state index contributed by atoms with van der Waals surface area (Å²) >= 11 is 0. The molecule has 1 aromatic heterocycles. The van der Waals surface area contributed by atoms with Gasteiger partial charge in [0.05, 0.1) is 0 Å². The number of carbonyl (C=O) groups is 2. The molecule has 1 fully saturated rings. The number of hydrogen-bond donors (Lipinski definition) is 1. The first-order valence-corrected chi connectivity index (χ1v) is 6.77. The highest BCUT2D eigenvalue weighted by Gasteiger charge is 2.52. The predicted molar refractivity (Wildman–Crippen MR) is 74.5 cm³/mol. The van der Waals surface area contributed by atoms with Crippen LogP contribution in [0.4, 0.5) is 0 Å². The Kier molecular flexibility index (Phi) is 3.21. The monoisotopic (exact) mass is 285 g/mol. The minimum atomic E-state index is -1.43. The zero-order chi connectivity index (χ0) is 14.9. The first kappa shape index (κ1) is 13.4. The molecule has 108 valence electrons. The van der Waals surface area contributed by atoms with Crippen LogP contribution in [0, 0.1) is 0 Å². The largest absolute Gasteiger partial charge is 0.478 e. The summed E-state index contributed by atoms with van der Waals surface area (Å²) in [6.45, 7) is 0.403. The van der Waals surface area contributed by atoms with Crippen molar-refractivity contribution in [3.8, 4) is 0 Å². The van der Waals surface area contributed by atoms with E-state index in [9.17, 15) is 14.7 Å². The van der Waals surface area contributed by atoms with Crippen molar-refractivity contribution >= 4 is 11.9 Å². The van der Waals surface area contributed by atoms with Crippen LogP contribution in [0.2, 0.25) is 0 Å². The molecule has 1 atom stereocenters. The molecule has 1 aliphatic heterocycles. The van der Waals surface area contributed by atoms with E-state index in [-0.39, 0.29) is 5.91 Å². The van der Waals surface area contributed by atoms with Crippen LogP contribution < -0.4 is 0 Å². The van der Waals surface area contributed by atoms with E-state index in [0.29, 0.717) is 24.9 Å². The lowest BCUT2D eigenvalue weighted by molar-refractivity contribution is -0.155. The van der Waals surface area contributed by atoms with Crippen LogP contribution in [-0.4, -0.2) is 38.2 Å². The maximum atomic E-state index is 12.7. The predicted octanol–water partition coefficient (Wildman–Crippen LogP) is 1.56. The number of nitrogens with zero attached hydrogens (tertiary/aromatic N) is 3. The standard InChI is InChI=1S/C15H15N3O3/c19-13(12-6-2-1-3-7-12)17-10-4-8-15(17,14(20)21)18-11-5-9-16-18/h1-3,5-7,9,11H,4,8,10H2,(H,20,21). The minimum Gasteiger partial charge on any atom is -0.478 e. The highest BCUT2D eigenvalue weighted by Crippen LogP contribution is 2.35. The van der Waals surface area contributed by atoms with Gasteiger partial charge in [0.1, 0.15) is 0 Å². The normalized spacial score (nSPS) is 21.4. The van der Waals surface area contributed by atoms with E-state index in [1.54, 1.807) is 36.5 Å². The molecule has 1 amide bonds. The lowest BCUT2D eigenvalue weighted by Gasteiger charge is -2.34. The second-order valence-corrected chi connectivity index (χ2v) is 5.00. The van der Waals surface area contributed by atoms with Gasteiger partial charge in [0.25, 0.3) is 5.91 Å². The van der Waals surface area contributed by atoms with Crippen molar-refractivity contribution in [3.63, 3.8) is 0 Å². The van der Waals surface area contributed by atoms with Gasteiger partial charge in [-0.3, -0.25) is 4.79 Å². The summed E-state index contributed by atoms with van der Waals surface area (Å²) < 4.78 is 1.36. The molecule has 2 aromatic rings. The van der Waals surface area contributed by atoms with Crippen molar-refractivity contribution in [3.05, 3.63) is 54.4 Å². The van der Waals surface area contributed by atoms with Crippen LogP contribution in [0.25, 0.3) is 0 Å². The number of aliphatic carboxylic acids is 1. The molecule has 0 spiro atoms. The van der Waals surface area contributed by atoms with Gasteiger partial charge in [-0.1, -0.05) is 18.2 Å². The number of carboxylic acid groups (broad SMARTS) is 1. The second kappa shape index (κ2) is 5.05. The average Bonchev–Trinajstić information content (AvgIpc) is 3.16. The number of benzene rings is 1. The van der Waals surface area contributed by atoms with E-state index >= 15 is 0 Å². The molecule has 6 nitrogen and oxygen atoms in total. The summed E-state index contributed by atoms with van der Waals surface area (Å²) in [5.74, 6) is -1.35. The van der Waals surface area contributed by atoms with E-state index in [0.717, 1.165) is 0 Å². The molecule has 1 unspecified atom stereocenters. The van der Waals surface area contributed by atoms with Crippen LogP contribution in [0.5, 0.6) is 0 Å². The Bertz CT molecular complexity index is 654. The maximum Gasteiger partial charge on any atom is 0.352 e. The lowest BCUT2D eigenvalue weighted by atomic mass is 10.1. The molecule has 0 saturated carbocycles. The summed E-state index contributed by atoms with van der Waals surface area (Å²) in [7, 11) is 0. The third-order valence-corrected chi connectivity index (χ3v) is 3.85. The van der Waals surface area contributed by atoms with Gasteiger partial charge in [0.2, 0.25) is 5.66 Å². The lowest BCUT2D eigenvalue weighted by Crippen LogP contribution is -2.55. The zero-order valence-corrected chi connectivity index (χ0v) is 11.3. The van der Waals surface area contributed by atoms with Gasteiger partial charge < -0.3 is 10.0 Å². The summed E-state index contributed by atoms with van der Waals surface area (Å²) in [6.07, 6.45) is 4.09. The van der Waals surface area contributed by atoms with Crippen molar-refractivity contribution in [1.29, 1.82) is 0 Å². The number of carbonyl (C=O) groups excluding carboxylic acids is 1. The summed E-state index contributed by atoms with van der Waals surface area (Å²) in [6, 6.07) is 10.4. The number of amides is 1. The number of hydrogen-bond acceptors (Lipinski definition) is 3. The minimum absolute atomic E-state index is 0.286. The molecular weight excluding hydrogens is 270 g/mol. The first-order valence-electron chi connectivity index (χ1n) is 6.77. The van der Waals surface area contributed by atoms with Crippen molar-refractivity contribution in [2.24, 2.45) is 0 Å². The Balaban J connectivity index is 2.05. The molecule has 1 aliphatic rings. The Morgan fingerprint density at radius 1 is 1.19 bits per heavy atom. The molecule has 1 saturated heterocycles. The van der Waals surface area contributed by atoms with E-state index in [1.165, 1.54) is 15.8 Å². The van der Waals surface area contributed by atoms with Crippen molar-refractivity contribution < 1.29 is 14.7 Å². The fraction of sp³-hybridized carbons (Fsp3) is 0.267.